The van der Waals surface area contributed by atoms with Gasteiger partial charge in [0, 0.05) is 0 Å². The van der Waals surface area contributed by atoms with Crippen molar-refractivity contribution < 1.29 is 9.90 Å². The molecule has 76 valence electrons. The van der Waals surface area contributed by atoms with Gasteiger partial charge in [-0.15, -0.1) is 10.2 Å². The lowest BCUT2D eigenvalue weighted by Crippen LogP contribution is -2.20. The van der Waals surface area contributed by atoms with E-state index in [1.165, 1.54) is 11.8 Å². The highest BCUT2D eigenvalue weighted by atomic mass is 32.2. The number of carboxylic acid groups (broad SMARTS) is 1. The Morgan fingerprint density at radius 1 is 1.57 bits per heavy atom. The fraction of sp³-hybridized carbons (Fsp3) is 0.429. The molecule has 0 radical (unpaired) electrons. The summed E-state index contributed by atoms with van der Waals surface area (Å²) in [5.41, 5.74) is -0.559. The second-order valence-electron chi connectivity index (χ2n) is 2.41. The van der Waals surface area contributed by atoms with E-state index >= 15 is 0 Å². The van der Waals surface area contributed by atoms with E-state index in [0.29, 0.717) is 5.16 Å². The highest BCUT2D eigenvalue weighted by Gasteiger charge is 2.08. The van der Waals surface area contributed by atoms with Crippen LogP contribution in [0.2, 0.25) is 0 Å². The van der Waals surface area contributed by atoms with Crippen LogP contribution in [0.1, 0.15) is 12.6 Å². The summed E-state index contributed by atoms with van der Waals surface area (Å²) in [5.74, 6) is -0.330. The summed E-state index contributed by atoms with van der Waals surface area (Å²) in [5, 5.41) is 16.1. The molecule has 6 nitrogen and oxygen atoms in total. The van der Waals surface area contributed by atoms with Crippen molar-refractivity contribution in [3.05, 3.63) is 16.0 Å². The number of carbonyl (C=O) groups is 1. The number of thioether (sulfide) groups is 1. The van der Waals surface area contributed by atoms with Crippen molar-refractivity contribution in [2.24, 2.45) is 0 Å². The molecule has 0 aliphatic carbocycles. The van der Waals surface area contributed by atoms with Crippen LogP contribution in [0.4, 0.5) is 0 Å². The average Bonchev–Trinajstić information content (AvgIpc) is 2.10. The number of carboxylic acids is 1. The molecular weight excluding hydrogens is 206 g/mol. The minimum atomic E-state index is -1.10. The molecule has 7 heteroatoms. The Labute approximate surface area is 83.8 Å². The first-order chi connectivity index (χ1) is 6.63. The fourth-order valence-electron chi connectivity index (χ4n) is 0.806. The van der Waals surface area contributed by atoms with E-state index in [-0.39, 0.29) is 5.69 Å². The predicted molar refractivity (Wildman–Crippen MR) is 50.4 cm³/mol. The van der Waals surface area contributed by atoms with Crippen LogP contribution in [0.5, 0.6) is 0 Å². The summed E-state index contributed by atoms with van der Waals surface area (Å²) in [6.07, 6.45) is -0.403. The summed E-state index contributed by atoms with van der Waals surface area (Å²) in [6, 6.07) is 0. The molecule has 1 aromatic rings. The number of hydrogen-bond donors (Lipinski definition) is 2. The van der Waals surface area contributed by atoms with Crippen molar-refractivity contribution in [3.63, 3.8) is 0 Å². The molecule has 2 N–H and O–H groups in total. The number of aromatic amines is 1. The van der Waals surface area contributed by atoms with Crippen LogP contribution in [0.15, 0.2) is 9.95 Å². The lowest BCUT2D eigenvalue weighted by atomic mass is 10.3. The Morgan fingerprint density at radius 2 is 2.29 bits per heavy atom. The summed E-state index contributed by atoms with van der Waals surface area (Å²) in [4.78, 5) is 24.0. The summed E-state index contributed by atoms with van der Waals surface area (Å²) in [7, 11) is 0. The Balaban J connectivity index is 2.90. The third-order valence-electron chi connectivity index (χ3n) is 1.34. The number of aliphatic carboxylic acids is 1. The van der Waals surface area contributed by atoms with Gasteiger partial charge in [-0.2, -0.15) is 0 Å². The zero-order valence-electron chi connectivity index (χ0n) is 7.48. The smallest absolute Gasteiger partial charge is 0.309 e. The lowest BCUT2D eigenvalue weighted by molar-refractivity contribution is -0.136. The summed E-state index contributed by atoms with van der Waals surface area (Å²) in [6.45, 7) is 1.91. The SMILES string of the molecule is CCSc1nnc(CC(=O)O)c(=O)[nH]1. The van der Waals surface area contributed by atoms with Crippen LogP contribution in [0.25, 0.3) is 0 Å². The molecule has 0 saturated carbocycles. The monoisotopic (exact) mass is 215 g/mol. The predicted octanol–water partition coefficient (Wildman–Crippen LogP) is -0.0960. The normalized spacial score (nSPS) is 10.1. The van der Waals surface area contributed by atoms with E-state index in [1.807, 2.05) is 6.92 Å². The van der Waals surface area contributed by atoms with E-state index in [2.05, 4.69) is 15.2 Å². The Hall–Kier alpha value is -1.37. The van der Waals surface area contributed by atoms with Gasteiger partial charge in [-0.05, 0) is 5.75 Å². The van der Waals surface area contributed by atoms with Crippen LogP contribution in [0, 0.1) is 0 Å². The van der Waals surface area contributed by atoms with E-state index in [1.54, 1.807) is 0 Å². The Bertz CT molecular complexity index is 390. The van der Waals surface area contributed by atoms with E-state index < -0.39 is 17.9 Å². The van der Waals surface area contributed by atoms with Crippen molar-refractivity contribution >= 4 is 17.7 Å². The minimum absolute atomic E-state index is 0.0713. The number of rotatable bonds is 4. The maximum Gasteiger partial charge on any atom is 0.309 e. The first kappa shape index (κ1) is 10.7. The zero-order chi connectivity index (χ0) is 10.6. The fourth-order valence-corrected chi connectivity index (χ4v) is 1.34. The highest BCUT2D eigenvalue weighted by molar-refractivity contribution is 7.99. The molecule has 0 atom stereocenters. The van der Waals surface area contributed by atoms with Crippen LogP contribution in [-0.4, -0.2) is 32.0 Å². The topological polar surface area (TPSA) is 95.9 Å². The number of hydrogen-bond acceptors (Lipinski definition) is 5. The van der Waals surface area contributed by atoms with E-state index in [4.69, 9.17) is 5.11 Å². The van der Waals surface area contributed by atoms with Crippen LogP contribution in [-0.2, 0) is 11.2 Å². The maximum absolute atomic E-state index is 11.2. The molecular formula is C7H9N3O3S. The largest absolute Gasteiger partial charge is 0.481 e. The maximum atomic E-state index is 11.2. The number of nitrogens with zero attached hydrogens (tertiary/aromatic N) is 2. The van der Waals surface area contributed by atoms with Crippen molar-refractivity contribution in [2.75, 3.05) is 5.75 Å². The van der Waals surface area contributed by atoms with Crippen LogP contribution >= 0.6 is 11.8 Å². The van der Waals surface area contributed by atoms with Gasteiger partial charge in [0.25, 0.3) is 5.56 Å². The quantitative estimate of drug-likeness (QED) is 0.681. The third kappa shape index (κ3) is 2.84. The van der Waals surface area contributed by atoms with Crippen LogP contribution in [0.3, 0.4) is 0 Å². The van der Waals surface area contributed by atoms with Gasteiger partial charge in [-0.3, -0.25) is 14.6 Å². The summed E-state index contributed by atoms with van der Waals surface area (Å²) < 4.78 is 0. The van der Waals surface area contributed by atoms with Gasteiger partial charge < -0.3 is 5.11 Å². The molecule has 0 amide bonds. The van der Waals surface area contributed by atoms with E-state index in [0.717, 1.165) is 5.75 Å². The standard InChI is InChI=1S/C7H9N3O3S/c1-2-14-7-8-6(13)4(9-10-7)3-5(11)12/h2-3H2,1H3,(H,11,12)(H,8,10,13). The second kappa shape index (κ2) is 4.75. The third-order valence-corrected chi connectivity index (χ3v) is 2.09. The van der Waals surface area contributed by atoms with Crippen molar-refractivity contribution in [3.8, 4) is 0 Å². The zero-order valence-corrected chi connectivity index (χ0v) is 8.30. The molecule has 0 spiro atoms. The molecule has 1 rings (SSSR count). The molecule has 1 heterocycles. The van der Waals surface area contributed by atoms with Gasteiger partial charge in [0.2, 0.25) is 0 Å². The van der Waals surface area contributed by atoms with Gasteiger partial charge in [0.05, 0.1) is 6.42 Å². The molecule has 0 unspecified atom stereocenters. The molecule has 0 aromatic carbocycles. The van der Waals surface area contributed by atoms with Crippen molar-refractivity contribution in [1.82, 2.24) is 15.2 Å². The van der Waals surface area contributed by atoms with Crippen molar-refractivity contribution in [2.45, 2.75) is 18.5 Å². The molecule has 0 bridgehead atoms. The van der Waals surface area contributed by atoms with Crippen molar-refractivity contribution in [1.29, 1.82) is 0 Å². The first-order valence-corrected chi connectivity index (χ1v) is 4.92. The number of nitrogens with one attached hydrogen (secondary N) is 1. The first-order valence-electron chi connectivity index (χ1n) is 3.94. The second-order valence-corrected chi connectivity index (χ2v) is 3.66. The molecule has 0 aliphatic heterocycles. The van der Waals surface area contributed by atoms with Crippen LogP contribution < -0.4 is 5.56 Å². The summed E-state index contributed by atoms with van der Waals surface area (Å²) >= 11 is 1.34. The minimum Gasteiger partial charge on any atom is -0.481 e. The van der Waals surface area contributed by atoms with Gasteiger partial charge in [-0.25, -0.2) is 0 Å². The lowest BCUT2D eigenvalue weighted by Gasteiger charge is -1.97. The molecule has 0 saturated heterocycles. The average molecular weight is 215 g/mol. The molecule has 14 heavy (non-hydrogen) atoms. The van der Waals surface area contributed by atoms with Gasteiger partial charge in [0.1, 0.15) is 5.69 Å². The van der Waals surface area contributed by atoms with Gasteiger partial charge in [-0.1, -0.05) is 18.7 Å². The van der Waals surface area contributed by atoms with Gasteiger partial charge >= 0.3 is 5.97 Å². The van der Waals surface area contributed by atoms with Gasteiger partial charge in [0.15, 0.2) is 5.16 Å². The highest BCUT2D eigenvalue weighted by Crippen LogP contribution is 2.07. The molecule has 1 aromatic heterocycles. The Kier molecular flexibility index (Phi) is 3.63. The van der Waals surface area contributed by atoms with E-state index in [9.17, 15) is 9.59 Å². The molecule has 0 aliphatic rings. The number of aromatic nitrogens is 3. The molecule has 0 fully saturated rings. The Morgan fingerprint density at radius 3 is 2.79 bits per heavy atom. The number of H-pyrrole nitrogens is 1.